The van der Waals surface area contributed by atoms with Gasteiger partial charge in [0.1, 0.15) is 12.1 Å². The zero-order chi connectivity index (χ0) is 24.1. The number of aromatic nitrogens is 2. The Bertz CT molecular complexity index is 1240. The minimum Gasteiger partial charge on any atom is -0.462 e. The summed E-state index contributed by atoms with van der Waals surface area (Å²) in [5, 5.41) is 4.25. The van der Waals surface area contributed by atoms with Gasteiger partial charge in [-0.3, -0.25) is 4.79 Å². The molecule has 0 spiro atoms. The lowest BCUT2D eigenvalue weighted by atomic mass is 10.1. The van der Waals surface area contributed by atoms with Crippen molar-refractivity contribution in [3.05, 3.63) is 65.5 Å². The van der Waals surface area contributed by atoms with Crippen LogP contribution in [0.15, 0.2) is 54.9 Å². The molecule has 0 bridgehead atoms. The van der Waals surface area contributed by atoms with Crippen LogP contribution in [0.2, 0.25) is 5.02 Å². The highest BCUT2D eigenvalue weighted by atomic mass is 35.5. The average molecular weight is 480 g/mol. The highest BCUT2D eigenvalue weighted by molar-refractivity contribution is 6.31. The fourth-order valence-corrected chi connectivity index (χ4v) is 4.00. The van der Waals surface area contributed by atoms with Gasteiger partial charge in [-0.15, -0.1) is 0 Å². The van der Waals surface area contributed by atoms with E-state index in [1.54, 1.807) is 6.07 Å². The van der Waals surface area contributed by atoms with Crippen molar-refractivity contribution in [1.82, 2.24) is 14.9 Å². The van der Waals surface area contributed by atoms with Crippen molar-refractivity contribution in [2.75, 3.05) is 44.0 Å². The van der Waals surface area contributed by atoms with Crippen molar-refractivity contribution in [2.24, 2.45) is 0 Å². The number of hydrogen-bond acceptors (Lipinski definition) is 7. The maximum Gasteiger partial charge on any atom is 0.330 e. The molecule has 34 heavy (non-hydrogen) atoms. The van der Waals surface area contributed by atoms with Crippen LogP contribution in [-0.4, -0.2) is 60.5 Å². The largest absolute Gasteiger partial charge is 0.462 e. The normalized spacial score (nSPS) is 13.0. The molecule has 1 amide bonds. The van der Waals surface area contributed by atoms with E-state index < -0.39 is 11.9 Å². The zero-order valence-corrected chi connectivity index (χ0v) is 19.9. The molecule has 1 aliphatic heterocycles. The number of rotatable bonds is 8. The smallest absolute Gasteiger partial charge is 0.330 e. The third-order valence-corrected chi connectivity index (χ3v) is 5.68. The first-order valence-corrected chi connectivity index (χ1v) is 11.4. The number of fused-ring (bicyclic) bond motifs is 2. The van der Waals surface area contributed by atoms with E-state index in [4.69, 9.17) is 16.3 Å². The van der Waals surface area contributed by atoms with Crippen LogP contribution in [0.25, 0.3) is 10.9 Å². The maximum absolute atomic E-state index is 12.3. The summed E-state index contributed by atoms with van der Waals surface area (Å²) in [5.74, 6) is -0.227. The number of nitrogens with zero attached hydrogens (tertiary/aromatic N) is 4. The number of ether oxygens (including phenoxy) is 1. The Labute approximate surface area is 203 Å². The third-order valence-electron chi connectivity index (χ3n) is 5.45. The summed E-state index contributed by atoms with van der Waals surface area (Å²) >= 11 is 6.23. The van der Waals surface area contributed by atoms with Crippen LogP contribution < -0.4 is 10.2 Å². The Hall–Kier alpha value is -3.49. The molecule has 0 radical (unpaired) electrons. The second kappa shape index (κ2) is 10.6. The van der Waals surface area contributed by atoms with Gasteiger partial charge in [-0.05, 0) is 62.8 Å². The third kappa shape index (κ3) is 5.70. The molecule has 0 saturated heterocycles. The molecule has 1 N–H and O–H groups in total. The topological polar surface area (TPSA) is 87.7 Å². The van der Waals surface area contributed by atoms with E-state index in [0.29, 0.717) is 17.3 Å². The summed E-state index contributed by atoms with van der Waals surface area (Å²) in [7, 11) is 3.90. The fraction of sp³-hybridized carbons (Fsp3) is 0.280. The van der Waals surface area contributed by atoms with Gasteiger partial charge in [0.05, 0.1) is 12.1 Å². The van der Waals surface area contributed by atoms with Crippen LogP contribution in [0.3, 0.4) is 0 Å². The number of benzene rings is 2. The van der Waals surface area contributed by atoms with Gasteiger partial charge in [0.2, 0.25) is 5.91 Å². The molecule has 2 heterocycles. The monoisotopic (exact) mass is 479 g/mol. The van der Waals surface area contributed by atoms with Gasteiger partial charge in [-0.25, -0.2) is 14.8 Å². The molecule has 176 valence electrons. The Morgan fingerprint density at radius 3 is 2.85 bits per heavy atom. The molecule has 9 heteroatoms. The molecule has 4 rings (SSSR count). The molecular weight excluding hydrogens is 454 g/mol. The van der Waals surface area contributed by atoms with E-state index in [0.717, 1.165) is 54.4 Å². The van der Waals surface area contributed by atoms with Crippen LogP contribution in [0.4, 0.5) is 17.2 Å². The quantitative estimate of drug-likeness (QED) is 0.297. The number of anilines is 3. The average Bonchev–Trinajstić information content (AvgIpc) is 3.23. The number of amides is 1. The molecule has 1 aromatic heterocycles. The van der Waals surface area contributed by atoms with Gasteiger partial charge in [0.25, 0.3) is 0 Å². The maximum atomic E-state index is 12.3. The van der Waals surface area contributed by atoms with Gasteiger partial charge in [-0.1, -0.05) is 17.7 Å². The fourth-order valence-electron chi connectivity index (χ4n) is 3.84. The van der Waals surface area contributed by atoms with Crippen LogP contribution in [0.1, 0.15) is 12.0 Å². The van der Waals surface area contributed by atoms with E-state index >= 15 is 0 Å². The summed E-state index contributed by atoms with van der Waals surface area (Å²) in [6, 6.07) is 11.3. The van der Waals surface area contributed by atoms with Crippen molar-refractivity contribution >= 4 is 51.6 Å². The van der Waals surface area contributed by atoms with E-state index in [2.05, 4.69) is 20.2 Å². The van der Waals surface area contributed by atoms with Crippen molar-refractivity contribution in [1.29, 1.82) is 0 Å². The first-order valence-electron chi connectivity index (χ1n) is 11.0. The van der Waals surface area contributed by atoms with Crippen molar-refractivity contribution in [3.8, 4) is 0 Å². The molecule has 3 aromatic rings. The zero-order valence-electron chi connectivity index (χ0n) is 19.1. The van der Waals surface area contributed by atoms with Gasteiger partial charge < -0.3 is 19.9 Å². The predicted molar refractivity (Wildman–Crippen MR) is 134 cm³/mol. The van der Waals surface area contributed by atoms with Crippen LogP contribution in [-0.2, 0) is 20.7 Å². The minimum absolute atomic E-state index is 0.307. The highest BCUT2D eigenvalue weighted by Gasteiger charge is 2.23. The lowest BCUT2D eigenvalue weighted by Gasteiger charge is -2.20. The molecule has 0 saturated carbocycles. The van der Waals surface area contributed by atoms with Crippen LogP contribution in [0.5, 0.6) is 0 Å². The second-order valence-corrected chi connectivity index (χ2v) is 8.69. The summed E-state index contributed by atoms with van der Waals surface area (Å²) in [6.07, 6.45) is 5.45. The number of hydrogen-bond donors (Lipinski definition) is 1. The lowest BCUT2D eigenvalue weighted by Crippen LogP contribution is -2.16. The Morgan fingerprint density at radius 2 is 2.03 bits per heavy atom. The summed E-state index contributed by atoms with van der Waals surface area (Å²) in [4.78, 5) is 37.2. The standard InChI is InChI=1S/C25H26ClN5O3/c1-30(2)11-3-13-34-24(33)9-8-23(32)29-19-6-7-21-20(15-19)25(28-16-27-21)31-12-10-17-4-5-18(26)14-22(17)31/h4-9,14-16H,3,10-13H2,1-2H3,(H,29,32). The molecule has 0 fully saturated rings. The summed E-state index contributed by atoms with van der Waals surface area (Å²) < 4.78 is 5.10. The van der Waals surface area contributed by atoms with E-state index in [1.165, 1.54) is 18.0 Å². The first-order chi connectivity index (χ1) is 16.4. The molecule has 8 nitrogen and oxygen atoms in total. The minimum atomic E-state index is -0.547. The van der Waals surface area contributed by atoms with Crippen molar-refractivity contribution in [3.63, 3.8) is 0 Å². The predicted octanol–water partition coefficient (Wildman–Crippen LogP) is 3.97. The number of halogens is 1. The second-order valence-electron chi connectivity index (χ2n) is 8.25. The van der Waals surface area contributed by atoms with E-state index in [9.17, 15) is 9.59 Å². The number of nitrogens with one attached hydrogen (secondary N) is 1. The molecule has 1 aliphatic rings. The summed E-state index contributed by atoms with van der Waals surface area (Å²) in [5.41, 5.74) is 3.56. The Kier molecular flexibility index (Phi) is 7.40. The van der Waals surface area contributed by atoms with Crippen molar-refractivity contribution < 1.29 is 14.3 Å². The number of esters is 1. The molecular formula is C25H26ClN5O3. The van der Waals surface area contributed by atoms with Gasteiger partial charge in [-0.2, -0.15) is 0 Å². The van der Waals surface area contributed by atoms with Crippen LogP contribution in [0, 0.1) is 0 Å². The Morgan fingerprint density at radius 1 is 1.18 bits per heavy atom. The molecule has 0 aliphatic carbocycles. The molecule has 0 atom stereocenters. The van der Waals surface area contributed by atoms with Gasteiger partial charge >= 0.3 is 5.97 Å². The van der Waals surface area contributed by atoms with E-state index in [-0.39, 0.29) is 0 Å². The molecule has 2 aromatic carbocycles. The number of carbonyl (C=O) groups excluding carboxylic acids is 2. The van der Waals surface area contributed by atoms with Gasteiger partial charge in [0, 0.05) is 47.0 Å². The summed E-state index contributed by atoms with van der Waals surface area (Å²) in [6.45, 7) is 1.90. The SMILES string of the molecule is CN(C)CCCOC(=O)C=CC(=O)Nc1ccc2ncnc(N3CCc4ccc(Cl)cc43)c2c1. The molecule has 0 unspecified atom stereocenters. The first kappa shape index (κ1) is 23.7. The van der Waals surface area contributed by atoms with E-state index in [1.807, 2.05) is 49.3 Å². The highest BCUT2D eigenvalue weighted by Crippen LogP contribution is 2.38. The van der Waals surface area contributed by atoms with Crippen LogP contribution >= 0.6 is 11.6 Å². The van der Waals surface area contributed by atoms with Crippen molar-refractivity contribution in [2.45, 2.75) is 12.8 Å². The lowest BCUT2D eigenvalue weighted by molar-refractivity contribution is -0.138. The van der Waals surface area contributed by atoms with Gasteiger partial charge in [0.15, 0.2) is 0 Å². The Balaban J connectivity index is 1.46. The number of carbonyl (C=O) groups is 2.